The predicted molar refractivity (Wildman–Crippen MR) is 71.0 cm³/mol. The van der Waals surface area contributed by atoms with Crippen molar-refractivity contribution in [2.45, 2.75) is 45.0 Å². The molecule has 0 saturated carbocycles. The lowest BCUT2D eigenvalue weighted by Gasteiger charge is -2.25. The Morgan fingerprint density at radius 2 is 1.78 bits per heavy atom. The van der Waals surface area contributed by atoms with Crippen molar-refractivity contribution in [3.63, 3.8) is 0 Å². The van der Waals surface area contributed by atoms with Crippen LogP contribution in [0.15, 0.2) is 0 Å². The van der Waals surface area contributed by atoms with E-state index in [1.165, 1.54) is 14.2 Å². The van der Waals surface area contributed by atoms with Gasteiger partial charge in [-0.05, 0) is 26.1 Å². The van der Waals surface area contributed by atoms with Crippen molar-refractivity contribution in [1.29, 1.82) is 0 Å². The number of rotatable bonds is 9. The standard InChI is InChI=1S/C12H24O5Si/c1-15-9-10(13)6-7-11(8-12(14)16-2)17-18(3,4)5/h11H,6-9H2,1-5H3. The number of ketones is 1. The molecule has 1 unspecified atom stereocenters. The summed E-state index contributed by atoms with van der Waals surface area (Å²) < 4.78 is 15.3. The van der Waals surface area contributed by atoms with Gasteiger partial charge in [0.25, 0.3) is 0 Å². The SMILES string of the molecule is COCC(=O)CCC(CC(=O)OC)O[Si](C)(C)C. The fourth-order valence-electron chi connectivity index (χ4n) is 1.53. The molecule has 0 heterocycles. The number of ether oxygens (including phenoxy) is 2. The van der Waals surface area contributed by atoms with Crippen molar-refractivity contribution in [3.05, 3.63) is 0 Å². The summed E-state index contributed by atoms with van der Waals surface area (Å²) in [5.74, 6) is -0.288. The van der Waals surface area contributed by atoms with Crippen LogP contribution in [0.5, 0.6) is 0 Å². The lowest BCUT2D eigenvalue weighted by atomic mass is 10.1. The molecule has 6 heteroatoms. The van der Waals surface area contributed by atoms with Crippen LogP contribution >= 0.6 is 0 Å². The third-order valence-electron chi connectivity index (χ3n) is 2.19. The zero-order chi connectivity index (χ0) is 14.2. The van der Waals surface area contributed by atoms with Gasteiger partial charge in [-0.3, -0.25) is 9.59 Å². The van der Waals surface area contributed by atoms with Gasteiger partial charge in [0.15, 0.2) is 14.1 Å². The molecule has 0 radical (unpaired) electrons. The van der Waals surface area contributed by atoms with E-state index in [9.17, 15) is 9.59 Å². The summed E-state index contributed by atoms with van der Waals surface area (Å²) in [4.78, 5) is 22.7. The van der Waals surface area contributed by atoms with Crippen LogP contribution in [0.4, 0.5) is 0 Å². The highest BCUT2D eigenvalue weighted by atomic mass is 28.4. The van der Waals surface area contributed by atoms with Gasteiger partial charge in [0.05, 0.1) is 19.6 Å². The van der Waals surface area contributed by atoms with Crippen LogP contribution < -0.4 is 0 Å². The molecule has 0 amide bonds. The Hall–Kier alpha value is -0.723. The zero-order valence-electron chi connectivity index (χ0n) is 11.9. The maximum atomic E-state index is 11.4. The first-order chi connectivity index (χ1) is 8.28. The van der Waals surface area contributed by atoms with Gasteiger partial charge >= 0.3 is 5.97 Å². The summed E-state index contributed by atoms with van der Waals surface area (Å²) >= 11 is 0. The number of carbonyl (C=O) groups is 2. The van der Waals surface area contributed by atoms with E-state index in [1.54, 1.807) is 0 Å². The summed E-state index contributed by atoms with van der Waals surface area (Å²) in [6, 6.07) is 0. The third kappa shape index (κ3) is 9.32. The first kappa shape index (κ1) is 17.3. The van der Waals surface area contributed by atoms with E-state index in [2.05, 4.69) is 4.74 Å². The summed E-state index contributed by atoms with van der Waals surface area (Å²) in [7, 11) is 1.10. The second kappa shape index (κ2) is 8.39. The van der Waals surface area contributed by atoms with Crippen molar-refractivity contribution < 1.29 is 23.5 Å². The largest absolute Gasteiger partial charge is 0.469 e. The molecule has 0 aliphatic heterocycles. The molecule has 0 bridgehead atoms. The average Bonchev–Trinajstić information content (AvgIpc) is 2.24. The monoisotopic (exact) mass is 276 g/mol. The topological polar surface area (TPSA) is 61.8 Å². The van der Waals surface area contributed by atoms with Crippen LogP contribution in [0.1, 0.15) is 19.3 Å². The highest BCUT2D eigenvalue weighted by Gasteiger charge is 2.24. The Morgan fingerprint density at radius 3 is 2.22 bits per heavy atom. The molecule has 18 heavy (non-hydrogen) atoms. The summed E-state index contributed by atoms with van der Waals surface area (Å²) in [6.45, 7) is 6.26. The molecule has 0 spiro atoms. The highest BCUT2D eigenvalue weighted by molar-refractivity contribution is 6.69. The minimum Gasteiger partial charge on any atom is -0.469 e. The van der Waals surface area contributed by atoms with E-state index < -0.39 is 8.32 Å². The van der Waals surface area contributed by atoms with Gasteiger partial charge in [0.1, 0.15) is 6.61 Å². The fraction of sp³-hybridized carbons (Fsp3) is 0.833. The molecule has 0 saturated heterocycles. The summed E-state index contributed by atoms with van der Waals surface area (Å²) in [6.07, 6.45) is 0.840. The van der Waals surface area contributed by atoms with Gasteiger partial charge in [0.2, 0.25) is 0 Å². The van der Waals surface area contributed by atoms with Gasteiger partial charge in [-0.2, -0.15) is 0 Å². The number of Topliss-reactive ketones (excluding diaryl/α,β-unsaturated/α-hetero) is 1. The molecule has 0 fully saturated rings. The van der Waals surface area contributed by atoms with E-state index in [1.807, 2.05) is 19.6 Å². The number of hydrogen-bond donors (Lipinski definition) is 0. The van der Waals surface area contributed by atoms with Crippen molar-refractivity contribution in [2.24, 2.45) is 0 Å². The van der Waals surface area contributed by atoms with Crippen molar-refractivity contribution in [3.8, 4) is 0 Å². The van der Waals surface area contributed by atoms with Gasteiger partial charge in [-0.25, -0.2) is 0 Å². The number of carbonyl (C=O) groups excluding carboxylic acids is 2. The second-order valence-electron chi connectivity index (χ2n) is 5.14. The Morgan fingerprint density at radius 1 is 1.17 bits per heavy atom. The molecule has 0 aromatic rings. The summed E-state index contributed by atoms with van der Waals surface area (Å²) in [5.41, 5.74) is 0. The second-order valence-corrected chi connectivity index (χ2v) is 9.60. The van der Waals surface area contributed by atoms with Crippen LogP contribution in [0, 0.1) is 0 Å². The first-order valence-electron chi connectivity index (χ1n) is 6.03. The smallest absolute Gasteiger partial charge is 0.308 e. The lowest BCUT2D eigenvalue weighted by Crippen LogP contribution is -2.34. The van der Waals surface area contributed by atoms with Crippen LogP contribution in [0.2, 0.25) is 19.6 Å². The Labute approximate surface area is 110 Å². The predicted octanol–water partition coefficient (Wildman–Crippen LogP) is 1.77. The molecule has 0 N–H and O–H groups in total. The lowest BCUT2D eigenvalue weighted by molar-refractivity contribution is -0.142. The molecule has 106 valence electrons. The van der Waals surface area contributed by atoms with Gasteiger partial charge in [-0.1, -0.05) is 0 Å². The van der Waals surface area contributed by atoms with E-state index in [0.717, 1.165) is 0 Å². The van der Waals surface area contributed by atoms with Crippen molar-refractivity contribution in [1.82, 2.24) is 0 Å². The van der Waals surface area contributed by atoms with Crippen LogP contribution in [0.3, 0.4) is 0 Å². The van der Waals surface area contributed by atoms with Gasteiger partial charge in [-0.15, -0.1) is 0 Å². The van der Waals surface area contributed by atoms with Crippen molar-refractivity contribution >= 4 is 20.1 Å². The minimum atomic E-state index is -1.74. The molecule has 5 nitrogen and oxygen atoms in total. The van der Waals surface area contributed by atoms with Crippen LogP contribution in [-0.4, -0.2) is 47.0 Å². The van der Waals surface area contributed by atoms with E-state index in [4.69, 9.17) is 9.16 Å². The molecule has 1 atom stereocenters. The maximum absolute atomic E-state index is 11.4. The summed E-state index contributed by atoms with van der Waals surface area (Å²) in [5, 5.41) is 0. The quantitative estimate of drug-likeness (QED) is 0.474. The van der Waals surface area contributed by atoms with E-state index in [-0.39, 0.29) is 30.9 Å². The zero-order valence-corrected chi connectivity index (χ0v) is 12.9. The Kier molecular flexibility index (Phi) is 8.05. The molecule has 0 aromatic carbocycles. The number of methoxy groups -OCH3 is 2. The van der Waals surface area contributed by atoms with Gasteiger partial charge < -0.3 is 13.9 Å². The molecule has 0 aliphatic carbocycles. The molecule has 0 rings (SSSR count). The number of hydrogen-bond acceptors (Lipinski definition) is 5. The highest BCUT2D eigenvalue weighted by Crippen LogP contribution is 2.15. The van der Waals surface area contributed by atoms with E-state index in [0.29, 0.717) is 12.8 Å². The molecule has 0 aliphatic rings. The fourth-order valence-corrected chi connectivity index (χ4v) is 2.73. The van der Waals surface area contributed by atoms with Gasteiger partial charge in [0, 0.05) is 13.5 Å². The minimum absolute atomic E-state index is 0.0199. The Bertz CT molecular complexity index is 272. The van der Waals surface area contributed by atoms with Crippen LogP contribution in [0.25, 0.3) is 0 Å². The normalized spacial score (nSPS) is 13.2. The van der Waals surface area contributed by atoms with Crippen molar-refractivity contribution in [2.75, 3.05) is 20.8 Å². The maximum Gasteiger partial charge on any atom is 0.308 e. The average molecular weight is 276 g/mol. The molecule has 0 aromatic heterocycles. The third-order valence-corrected chi connectivity index (χ3v) is 3.23. The first-order valence-corrected chi connectivity index (χ1v) is 9.44. The molecular formula is C12H24O5Si. The van der Waals surface area contributed by atoms with E-state index >= 15 is 0 Å². The van der Waals surface area contributed by atoms with Crippen LogP contribution in [-0.2, 0) is 23.5 Å². The number of esters is 1. The Balaban J connectivity index is 4.29. The molecular weight excluding hydrogens is 252 g/mol.